The van der Waals surface area contributed by atoms with Gasteiger partial charge in [-0.3, -0.25) is 4.79 Å². The highest BCUT2D eigenvalue weighted by Crippen LogP contribution is 2.23. The van der Waals surface area contributed by atoms with Crippen molar-refractivity contribution in [3.8, 4) is 11.3 Å². The first-order valence-electron chi connectivity index (χ1n) is 11.5. The maximum atomic E-state index is 13.1. The third kappa shape index (κ3) is 6.00. The van der Waals surface area contributed by atoms with Gasteiger partial charge in [0.05, 0.1) is 11.6 Å². The van der Waals surface area contributed by atoms with Crippen LogP contribution in [0.15, 0.2) is 36.4 Å². The van der Waals surface area contributed by atoms with Crippen molar-refractivity contribution in [1.29, 1.82) is 0 Å². The maximum absolute atomic E-state index is 13.1. The second-order valence-electron chi connectivity index (χ2n) is 8.62. The van der Waals surface area contributed by atoms with E-state index in [4.69, 9.17) is 0 Å². The molecule has 1 atom stereocenters. The van der Waals surface area contributed by atoms with Crippen LogP contribution in [0.4, 0.5) is 10.2 Å². The van der Waals surface area contributed by atoms with Crippen molar-refractivity contribution < 1.29 is 9.18 Å². The van der Waals surface area contributed by atoms with Crippen LogP contribution in [-0.2, 0) is 4.79 Å². The molecule has 0 radical (unpaired) electrons. The molecule has 4 rings (SSSR count). The lowest BCUT2D eigenvalue weighted by molar-refractivity contribution is -0.125. The molecular weight excluding hydrogens is 393 g/mol. The molecular formula is C24H32FN5O. The maximum Gasteiger partial charge on any atom is 0.224 e. The Kier molecular flexibility index (Phi) is 7.46. The number of rotatable bonds is 7. The molecule has 1 N–H and O–H groups in total. The fraction of sp³-hybridized carbons (Fsp3) is 0.542. The summed E-state index contributed by atoms with van der Waals surface area (Å²) in [6.07, 6.45) is 6.85. The summed E-state index contributed by atoms with van der Waals surface area (Å²) in [6, 6.07) is 10.1. The molecule has 2 fully saturated rings. The minimum absolute atomic E-state index is 0.0117. The summed E-state index contributed by atoms with van der Waals surface area (Å²) in [5, 5.41) is 11.8. The van der Waals surface area contributed by atoms with Crippen LogP contribution in [0, 0.1) is 11.7 Å². The lowest BCUT2D eigenvalue weighted by Gasteiger charge is -2.32. The Morgan fingerprint density at radius 2 is 1.81 bits per heavy atom. The zero-order chi connectivity index (χ0) is 21.5. The molecule has 1 amide bonds. The topological polar surface area (TPSA) is 61.4 Å². The summed E-state index contributed by atoms with van der Waals surface area (Å²) in [5.41, 5.74) is 1.55. The summed E-state index contributed by atoms with van der Waals surface area (Å²) < 4.78 is 13.1. The highest BCUT2D eigenvalue weighted by atomic mass is 19.1. The van der Waals surface area contributed by atoms with Crippen LogP contribution in [0.5, 0.6) is 0 Å². The van der Waals surface area contributed by atoms with Crippen molar-refractivity contribution in [3.63, 3.8) is 0 Å². The molecule has 31 heavy (non-hydrogen) atoms. The second kappa shape index (κ2) is 10.7. The third-order valence-corrected chi connectivity index (χ3v) is 6.31. The van der Waals surface area contributed by atoms with Crippen LogP contribution < -0.4 is 10.2 Å². The van der Waals surface area contributed by atoms with Gasteiger partial charge in [-0.15, -0.1) is 10.2 Å². The molecule has 166 valence electrons. The molecule has 3 heterocycles. The van der Waals surface area contributed by atoms with Crippen LogP contribution in [0.2, 0.25) is 0 Å². The summed E-state index contributed by atoms with van der Waals surface area (Å²) in [7, 11) is 0. The van der Waals surface area contributed by atoms with Crippen molar-refractivity contribution in [1.82, 2.24) is 20.4 Å². The van der Waals surface area contributed by atoms with Gasteiger partial charge in [0, 0.05) is 25.2 Å². The van der Waals surface area contributed by atoms with Crippen LogP contribution in [0.1, 0.15) is 38.5 Å². The highest BCUT2D eigenvalue weighted by molar-refractivity contribution is 5.79. The first kappa shape index (κ1) is 21.7. The van der Waals surface area contributed by atoms with Gasteiger partial charge in [-0.2, -0.15) is 0 Å². The molecule has 0 bridgehead atoms. The first-order chi connectivity index (χ1) is 15.2. The Balaban J connectivity index is 1.25. The van der Waals surface area contributed by atoms with Crippen LogP contribution in [0.25, 0.3) is 11.3 Å². The van der Waals surface area contributed by atoms with Crippen molar-refractivity contribution in [3.05, 3.63) is 42.2 Å². The minimum Gasteiger partial charge on any atom is -0.356 e. The van der Waals surface area contributed by atoms with E-state index in [0.717, 1.165) is 50.3 Å². The average molecular weight is 426 g/mol. The molecule has 0 saturated carbocycles. The predicted molar refractivity (Wildman–Crippen MR) is 120 cm³/mol. The van der Waals surface area contributed by atoms with Gasteiger partial charge in [0.1, 0.15) is 5.82 Å². The number of piperidine rings is 2. The first-order valence-corrected chi connectivity index (χ1v) is 11.5. The van der Waals surface area contributed by atoms with E-state index in [0.29, 0.717) is 12.2 Å². The SMILES string of the molecule is O=C(NCCCN1CCCCC1)C1CCCN(c2ccc(-c3ccc(F)cc3)nn2)C1. The monoisotopic (exact) mass is 425 g/mol. The van der Waals surface area contributed by atoms with Gasteiger partial charge in [-0.05, 0) is 88.1 Å². The van der Waals surface area contributed by atoms with Gasteiger partial charge in [-0.1, -0.05) is 6.42 Å². The average Bonchev–Trinajstić information content (AvgIpc) is 2.83. The molecule has 0 aliphatic carbocycles. The quantitative estimate of drug-likeness (QED) is 0.688. The van der Waals surface area contributed by atoms with Gasteiger partial charge < -0.3 is 15.1 Å². The molecule has 2 aromatic rings. The number of nitrogens with one attached hydrogen (secondary N) is 1. The number of aromatic nitrogens is 2. The Morgan fingerprint density at radius 3 is 2.55 bits per heavy atom. The number of carbonyl (C=O) groups is 1. The second-order valence-corrected chi connectivity index (χ2v) is 8.62. The van der Waals surface area contributed by atoms with Gasteiger partial charge in [0.15, 0.2) is 5.82 Å². The lowest BCUT2D eigenvalue weighted by atomic mass is 9.97. The molecule has 7 heteroatoms. The number of anilines is 1. The summed E-state index contributed by atoms with van der Waals surface area (Å²) in [6.45, 7) is 5.77. The Labute approximate surface area is 183 Å². The molecule has 2 aliphatic heterocycles. The van der Waals surface area contributed by atoms with Gasteiger partial charge in [0.2, 0.25) is 5.91 Å². The number of carbonyl (C=O) groups excluding carboxylic acids is 1. The van der Waals surface area contributed by atoms with Crippen LogP contribution >= 0.6 is 0 Å². The van der Waals surface area contributed by atoms with Crippen molar-refractivity contribution in [2.45, 2.75) is 38.5 Å². The van der Waals surface area contributed by atoms with Gasteiger partial charge in [0.25, 0.3) is 0 Å². The normalized spacial score (nSPS) is 19.9. The molecule has 0 spiro atoms. The van der Waals surface area contributed by atoms with E-state index in [-0.39, 0.29) is 17.6 Å². The van der Waals surface area contributed by atoms with E-state index in [1.54, 1.807) is 12.1 Å². The number of hydrogen-bond acceptors (Lipinski definition) is 5. The zero-order valence-corrected chi connectivity index (χ0v) is 18.1. The number of halogens is 1. The van der Waals surface area contributed by atoms with Crippen LogP contribution in [-0.4, -0.2) is 60.3 Å². The van der Waals surface area contributed by atoms with Crippen LogP contribution in [0.3, 0.4) is 0 Å². The van der Waals surface area contributed by atoms with Gasteiger partial charge >= 0.3 is 0 Å². The largest absolute Gasteiger partial charge is 0.356 e. The lowest BCUT2D eigenvalue weighted by Crippen LogP contribution is -2.44. The van der Waals surface area contributed by atoms with Crippen molar-refractivity contribution in [2.24, 2.45) is 5.92 Å². The van der Waals surface area contributed by atoms with E-state index in [2.05, 4.69) is 25.3 Å². The summed E-state index contributed by atoms with van der Waals surface area (Å²) in [5.74, 6) is 0.660. The molecule has 2 saturated heterocycles. The van der Waals surface area contributed by atoms with E-state index >= 15 is 0 Å². The summed E-state index contributed by atoms with van der Waals surface area (Å²) in [4.78, 5) is 17.3. The molecule has 2 aliphatic rings. The van der Waals surface area contributed by atoms with Gasteiger partial charge in [-0.25, -0.2) is 4.39 Å². The van der Waals surface area contributed by atoms with E-state index < -0.39 is 0 Å². The van der Waals surface area contributed by atoms with Crippen molar-refractivity contribution in [2.75, 3.05) is 44.2 Å². The number of hydrogen-bond donors (Lipinski definition) is 1. The smallest absolute Gasteiger partial charge is 0.224 e. The minimum atomic E-state index is -0.266. The fourth-order valence-corrected chi connectivity index (χ4v) is 4.51. The Hall–Kier alpha value is -2.54. The van der Waals surface area contributed by atoms with E-state index in [1.165, 1.54) is 44.5 Å². The third-order valence-electron chi connectivity index (χ3n) is 6.31. The molecule has 1 aromatic heterocycles. The zero-order valence-electron chi connectivity index (χ0n) is 18.1. The predicted octanol–water partition coefficient (Wildman–Crippen LogP) is 3.49. The van der Waals surface area contributed by atoms with E-state index in [1.807, 2.05) is 12.1 Å². The standard InChI is InChI=1S/C24H32FN5O/c25-21-9-7-19(8-10-21)22-11-12-23(28-27-22)30-17-4-6-20(18-30)24(31)26-13-5-16-29-14-2-1-3-15-29/h7-12,20H,1-6,13-18H2,(H,26,31). The molecule has 6 nitrogen and oxygen atoms in total. The molecule has 1 unspecified atom stereocenters. The number of likely N-dealkylation sites (tertiary alicyclic amines) is 1. The number of benzene rings is 1. The molecule has 1 aromatic carbocycles. The van der Waals surface area contributed by atoms with E-state index in [9.17, 15) is 9.18 Å². The van der Waals surface area contributed by atoms with Crippen molar-refractivity contribution >= 4 is 11.7 Å². The summed E-state index contributed by atoms with van der Waals surface area (Å²) >= 11 is 0. The number of nitrogens with zero attached hydrogens (tertiary/aromatic N) is 4. The Bertz CT molecular complexity index is 836. The number of amides is 1. The Morgan fingerprint density at radius 1 is 1.00 bits per heavy atom. The highest BCUT2D eigenvalue weighted by Gasteiger charge is 2.26. The fourth-order valence-electron chi connectivity index (χ4n) is 4.51.